The number of allylic oxidation sites excluding steroid dienone is 1. The number of amides is 1. The first-order valence-corrected chi connectivity index (χ1v) is 13.1. The molecule has 1 atom stereocenters. The summed E-state index contributed by atoms with van der Waals surface area (Å²) in [6.07, 6.45) is 1.66. The van der Waals surface area contributed by atoms with Gasteiger partial charge in [-0.25, -0.2) is 9.79 Å². The highest BCUT2D eigenvalue weighted by Gasteiger charge is 2.37. The van der Waals surface area contributed by atoms with Crippen LogP contribution in [0, 0.1) is 0 Å². The average Bonchev–Trinajstić information content (AvgIpc) is 3.36. The third-order valence-electron chi connectivity index (χ3n) is 6.68. The number of hydrogen-bond acceptors (Lipinski definition) is 7. The molecule has 0 unspecified atom stereocenters. The number of esters is 1. The lowest BCUT2D eigenvalue weighted by Crippen LogP contribution is -2.41. The predicted molar refractivity (Wildman–Crippen MR) is 149 cm³/mol. The van der Waals surface area contributed by atoms with E-state index in [0.717, 1.165) is 28.3 Å². The molecule has 8 nitrogen and oxygen atoms in total. The van der Waals surface area contributed by atoms with Crippen LogP contribution in [0.2, 0.25) is 0 Å². The summed E-state index contributed by atoms with van der Waals surface area (Å²) < 4.78 is 7.19. The van der Waals surface area contributed by atoms with Gasteiger partial charge in [0.25, 0.3) is 11.5 Å². The van der Waals surface area contributed by atoms with Crippen molar-refractivity contribution in [2.24, 2.45) is 4.99 Å². The number of carbonyl (C=O) groups is 2. The number of aromatic nitrogens is 1. The number of rotatable bonds is 6. The summed E-state index contributed by atoms with van der Waals surface area (Å²) in [6.45, 7) is 7.78. The van der Waals surface area contributed by atoms with Gasteiger partial charge in [-0.3, -0.25) is 14.2 Å². The van der Waals surface area contributed by atoms with E-state index in [1.807, 2.05) is 67.5 Å². The largest absolute Gasteiger partial charge is 0.463 e. The first kappa shape index (κ1) is 25.4. The number of hydrogen-bond donors (Lipinski definition) is 0. The molecule has 0 N–H and O–H groups in total. The third kappa shape index (κ3) is 3.99. The minimum absolute atomic E-state index is 0.195. The summed E-state index contributed by atoms with van der Waals surface area (Å²) in [5.74, 6) is -0.780. The highest BCUT2D eigenvalue weighted by atomic mass is 32.1. The summed E-state index contributed by atoms with van der Waals surface area (Å²) in [5.41, 5.74) is 3.91. The molecule has 3 heterocycles. The van der Waals surface area contributed by atoms with Crippen LogP contribution in [-0.4, -0.2) is 43.7 Å². The number of fused-ring (bicyclic) bond motifs is 2. The Morgan fingerprint density at radius 1 is 1.16 bits per heavy atom. The molecule has 0 spiro atoms. The van der Waals surface area contributed by atoms with Gasteiger partial charge in [-0.2, -0.15) is 0 Å². The van der Waals surface area contributed by atoms with Gasteiger partial charge in [-0.1, -0.05) is 47.7 Å². The Labute approximate surface area is 224 Å². The Morgan fingerprint density at radius 3 is 2.53 bits per heavy atom. The van der Waals surface area contributed by atoms with E-state index >= 15 is 0 Å². The molecule has 1 amide bonds. The maximum atomic E-state index is 14.1. The zero-order valence-corrected chi connectivity index (χ0v) is 22.5. The van der Waals surface area contributed by atoms with Crippen LogP contribution in [0.5, 0.6) is 0 Å². The normalized spacial score (nSPS) is 17.6. The van der Waals surface area contributed by atoms with E-state index in [1.54, 1.807) is 24.8 Å². The van der Waals surface area contributed by atoms with Crippen molar-refractivity contribution in [1.29, 1.82) is 0 Å². The summed E-state index contributed by atoms with van der Waals surface area (Å²) in [5, 5.41) is 0. The Balaban J connectivity index is 1.79. The number of thiazole rings is 1. The molecule has 0 saturated carbocycles. The van der Waals surface area contributed by atoms with E-state index in [0.29, 0.717) is 38.3 Å². The van der Waals surface area contributed by atoms with Gasteiger partial charge in [-0.15, -0.1) is 6.58 Å². The van der Waals surface area contributed by atoms with Crippen molar-refractivity contribution in [3.8, 4) is 0 Å². The van der Waals surface area contributed by atoms with Crippen LogP contribution in [0.1, 0.15) is 31.0 Å². The molecular formula is C29H28N4O4S. The lowest BCUT2D eigenvalue weighted by atomic mass is 9.95. The smallest absolute Gasteiger partial charge is 0.338 e. The molecule has 3 aromatic rings. The molecule has 0 aliphatic carbocycles. The SMILES string of the molecule is C=CCN1C(=O)/C(=c2/sc3n(c2=O)[C@H](c2ccc(N(C)C)cc2)C(C(=O)OCC)=C(C)N=3)c2ccccc21. The van der Waals surface area contributed by atoms with Crippen molar-refractivity contribution >= 4 is 40.2 Å². The van der Waals surface area contributed by atoms with Crippen LogP contribution in [-0.2, 0) is 14.3 Å². The molecule has 2 aliphatic rings. The van der Waals surface area contributed by atoms with Crippen LogP contribution in [0.3, 0.4) is 0 Å². The second-order valence-electron chi connectivity index (χ2n) is 9.21. The molecule has 2 aliphatic heterocycles. The monoisotopic (exact) mass is 528 g/mol. The first-order valence-electron chi connectivity index (χ1n) is 12.3. The fourth-order valence-corrected chi connectivity index (χ4v) is 6.06. The van der Waals surface area contributed by atoms with Crippen molar-refractivity contribution < 1.29 is 14.3 Å². The van der Waals surface area contributed by atoms with Crippen molar-refractivity contribution in [2.75, 3.05) is 37.0 Å². The second kappa shape index (κ2) is 9.90. The van der Waals surface area contributed by atoms with Crippen LogP contribution in [0.15, 0.2) is 82.2 Å². The number of ether oxygens (including phenoxy) is 1. The van der Waals surface area contributed by atoms with Crippen molar-refractivity contribution in [2.45, 2.75) is 19.9 Å². The zero-order chi connectivity index (χ0) is 27.1. The van der Waals surface area contributed by atoms with Gasteiger partial charge in [0.05, 0.1) is 35.2 Å². The number of nitrogens with zero attached hydrogens (tertiary/aromatic N) is 4. The summed E-state index contributed by atoms with van der Waals surface area (Å²) in [6, 6.07) is 14.4. The number of carbonyl (C=O) groups excluding carboxylic acids is 2. The Kier molecular flexibility index (Phi) is 6.62. The van der Waals surface area contributed by atoms with Crippen LogP contribution >= 0.6 is 11.3 Å². The van der Waals surface area contributed by atoms with E-state index in [4.69, 9.17) is 4.74 Å². The molecule has 1 aromatic heterocycles. The molecular weight excluding hydrogens is 500 g/mol. The van der Waals surface area contributed by atoms with E-state index in [9.17, 15) is 14.4 Å². The third-order valence-corrected chi connectivity index (χ3v) is 7.73. The summed E-state index contributed by atoms with van der Waals surface area (Å²) in [7, 11) is 3.89. The van der Waals surface area contributed by atoms with E-state index in [2.05, 4.69) is 11.6 Å². The highest BCUT2D eigenvalue weighted by molar-refractivity contribution is 7.07. The first-order chi connectivity index (χ1) is 18.3. The van der Waals surface area contributed by atoms with Gasteiger partial charge < -0.3 is 14.5 Å². The van der Waals surface area contributed by atoms with Crippen molar-refractivity contribution in [1.82, 2.24) is 4.57 Å². The van der Waals surface area contributed by atoms with Crippen LogP contribution < -0.4 is 24.7 Å². The number of anilines is 2. The maximum absolute atomic E-state index is 14.1. The summed E-state index contributed by atoms with van der Waals surface area (Å²) in [4.78, 5) is 49.5. The quantitative estimate of drug-likeness (QED) is 0.363. The topological polar surface area (TPSA) is 84.2 Å². The molecule has 2 aromatic carbocycles. The lowest BCUT2D eigenvalue weighted by molar-refractivity contribution is -0.139. The molecule has 194 valence electrons. The van der Waals surface area contributed by atoms with E-state index in [-0.39, 0.29) is 18.1 Å². The second-order valence-corrected chi connectivity index (χ2v) is 10.2. The Hall–Kier alpha value is -4.24. The standard InChI is InChI=1S/C29H28N4O4S/c1-6-16-32-21-11-9-8-10-20(21)23(26(32)34)25-27(35)33-24(18-12-14-19(15-13-18)31(4)5)22(28(36)37-7-2)17(3)30-29(33)38-25/h6,8-15,24H,1,7,16H2,2-5H3/b25-23+/t24-/m1/s1. The van der Waals surface area contributed by atoms with Crippen LogP contribution in [0.4, 0.5) is 11.4 Å². The minimum atomic E-state index is -0.744. The van der Waals surface area contributed by atoms with Gasteiger partial charge in [0.15, 0.2) is 4.80 Å². The minimum Gasteiger partial charge on any atom is -0.463 e. The van der Waals surface area contributed by atoms with Gasteiger partial charge >= 0.3 is 5.97 Å². The fraction of sp³-hybridized carbons (Fsp3) is 0.241. The molecule has 38 heavy (non-hydrogen) atoms. The Morgan fingerprint density at radius 2 is 1.87 bits per heavy atom. The van der Waals surface area contributed by atoms with Gasteiger partial charge in [0, 0.05) is 31.9 Å². The van der Waals surface area contributed by atoms with E-state index < -0.39 is 12.0 Å². The van der Waals surface area contributed by atoms with Crippen LogP contribution in [0.25, 0.3) is 5.57 Å². The average molecular weight is 529 g/mol. The maximum Gasteiger partial charge on any atom is 0.338 e. The van der Waals surface area contributed by atoms with Crippen molar-refractivity contribution in [3.63, 3.8) is 0 Å². The lowest BCUT2D eigenvalue weighted by Gasteiger charge is -2.25. The molecule has 0 bridgehead atoms. The van der Waals surface area contributed by atoms with Gasteiger partial charge in [0.1, 0.15) is 4.53 Å². The van der Waals surface area contributed by atoms with Crippen molar-refractivity contribution in [3.05, 3.63) is 103 Å². The molecule has 5 rings (SSSR count). The summed E-state index contributed by atoms with van der Waals surface area (Å²) >= 11 is 1.16. The van der Waals surface area contributed by atoms with Gasteiger partial charge in [0.2, 0.25) is 0 Å². The number of para-hydroxylation sites is 1. The molecule has 0 saturated heterocycles. The van der Waals surface area contributed by atoms with Gasteiger partial charge in [-0.05, 0) is 37.6 Å². The predicted octanol–water partition coefficient (Wildman–Crippen LogP) is 2.77. The molecule has 0 radical (unpaired) electrons. The zero-order valence-electron chi connectivity index (χ0n) is 21.7. The fourth-order valence-electron chi connectivity index (χ4n) is 4.92. The van der Waals surface area contributed by atoms with E-state index in [1.165, 1.54) is 4.57 Å². The highest BCUT2D eigenvalue weighted by Crippen LogP contribution is 2.35. The Bertz CT molecular complexity index is 1680. The molecule has 9 heteroatoms. The number of benzene rings is 2. The molecule has 0 fully saturated rings.